The Morgan fingerprint density at radius 3 is 1.92 bits per heavy atom. The fraction of sp³-hybridized carbons (Fsp3) is 0.773. The molecular formula is C22H41NO2. The molecule has 146 valence electrons. The SMILES string of the molecule is C=CC(=O)NCOCCCCCCCCC=CCCCCCCCC. The molecule has 0 unspecified atom stereocenters. The predicted octanol–water partition coefficient (Wildman–Crippen LogP) is 6.30. The number of carbonyl (C=O) groups excluding carboxylic acids is 1. The van der Waals surface area contributed by atoms with Crippen molar-refractivity contribution in [3.63, 3.8) is 0 Å². The summed E-state index contributed by atoms with van der Waals surface area (Å²) in [5.74, 6) is -0.180. The molecule has 0 aliphatic heterocycles. The smallest absolute Gasteiger partial charge is 0.245 e. The van der Waals surface area contributed by atoms with Crippen molar-refractivity contribution < 1.29 is 9.53 Å². The highest BCUT2D eigenvalue weighted by molar-refractivity contribution is 5.86. The highest BCUT2D eigenvalue weighted by Gasteiger charge is 1.94. The second-order valence-electron chi connectivity index (χ2n) is 6.74. The summed E-state index contributed by atoms with van der Waals surface area (Å²) in [5.41, 5.74) is 0. The Bertz CT molecular complexity index is 326. The molecule has 0 aliphatic carbocycles. The minimum absolute atomic E-state index is 0.180. The summed E-state index contributed by atoms with van der Waals surface area (Å²) in [4.78, 5) is 10.9. The van der Waals surface area contributed by atoms with Gasteiger partial charge < -0.3 is 10.1 Å². The van der Waals surface area contributed by atoms with Gasteiger partial charge in [-0.1, -0.05) is 83.4 Å². The lowest BCUT2D eigenvalue weighted by molar-refractivity contribution is -0.118. The monoisotopic (exact) mass is 351 g/mol. The van der Waals surface area contributed by atoms with Gasteiger partial charge in [0.25, 0.3) is 0 Å². The van der Waals surface area contributed by atoms with Gasteiger partial charge in [0.05, 0.1) is 0 Å². The highest BCUT2D eigenvalue weighted by Crippen LogP contribution is 2.09. The zero-order valence-electron chi connectivity index (χ0n) is 16.6. The maximum atomic E-state index is 10.9. The topological polar surface area (TPSA) is 38.3 Å². The van der Waals surface area contributed by atoms with E-state index >= 15 is 0 Å². The third-order valence-corrected chi connectivity index (χ3v) is 4.33. The van der Waals surface area contributed by atoms with Crippen molar-refractivity contribution in [3.05, 3.63) is 24.8 Å². The molecule has 0 bridgehead atoms. The van der Waals surface area contributed by atoms with E-state index in [0.717, 1.165) is 13.0 Å². The van der Waals surface area contributed by atoms with Crippen LogP contribution in [0.25, 0.3) is 0 Å². The number of rotatable bonds is 19. The van der Waals surface area contributed by atoms with E-state index in [1.165, 1.54) is 89.5 Å². The van der Waals surface area contributed by atoms with E-state index in [0.29, 0.717) is 0 Å². The van der Waals surface area contributed by atoms with Gasteiger partial charge in [-0.05, 0) is 38.2 Å². The predicted molar refractivity (Wildman–Crippen MR) is 109 cm³/mol. The number of ether oxygens (including phenoxy) is 1. The van der Waals surface area contributed by atoms with Crippen LogP contribution in [0.5, 0.6) is 0 Å². The molecule has 0 saturated carbocycles. The van der Waals surface area contributed by atoms with Crippen molar-refractivity contribution in [1.82, 2.24) is 5.32 Å². The average molecular weight is 352 g/mol. The summed E-state index contributed by atoms with van der Waals surface area (Å²) < 4.78 is 5.34. The maximum Gasteiger partial charge on any atom is 0.245 e. The van der Waals surface area contributed by atoms with Crippen LogP contribution in [0.2, 0.25) is 0 Å². The van der Waals surface area contributed by atoms with Crippen molar-refractivity contribution in [1.29, 1.82) is 0 Å². The first-order chi connectivity index (χ1) is 12.3. The van der Waals surface area contributed by atoms with Gasteiger partial charge in [0.2, 0.25) is 5.91 Å². The first kappa shape index (κ1) is 23.9. The van der Waals surface area contributed by atoms with Crippen LogP contribution < -0.4 is 5.32 Å². The molecule has 0 aromatic heterocycles. The average Bonchev–Trinajstić information content (AvgIpc) is 2.63. The van der Waals surface area contributed by atoms with Gasteiger partial charge in [-0.2, -0.15) is 0 Å². The number of hydrogen-bond donors (Lipinski definition) is 1. The molecule has 0 atom stereocenters. The van der Waals surface area contributed by atoms with Gasteiger partial charge in [-0.15, -0.1) is 0 Å². The molecule has 0 aliphatic rings. The summed E-state index contributed by atoms with van der Waals surface area (Å²) >= 11 is 0. The Balaban J connectivity index is 3.10. The Morgan fingerprint density at radius 2 is 1.36 bits per heavy atom. The summed E-state index contributed by atoms with van der Waals surface area (Å²) in [6.45, 7) is 6.67. The van der Waals surface area contributed by atoms with Gasteiger partial charge in [0.15, 0.2) is 0 Å². The summed E-state index contributed by atoms with van der Waals surface area (Å²) in [7, 11) is 0. The van der Waals surface area contributed by atoms with Gasteiger partial charge >= 0.3 is 0 Å². The van der Waals surface area contributed by atoms with Crippen molar-refractivity contribution >= 4 is 5.91 Å². The third kappa shape index (κ3) is 20.9. The van der Waals surface area contributed by atoms with E-state index in [1.54, 1.807) is 0 Å². The van der Waals surface area contributed by atoms with Crippen LogP contribution in [0.1, 0.15) is 96.8 Å². The normalized spacial score (nSPS) is 11.1. The van der Waals surface area contributed by atoms with Gasteiger partial charge in [0, 0.05) is 6.61 Å². The van der Waals surface area contributed by atoms with Gasteiger partial charge in [-0.25, -0.2) is 0 Å². The number of amides is 1. The molecule has 0 spiro atoms. The first-order valence-electron chi connectivity index (χ1n) is 10.4. The van der Waals surface area contributed by atoms with Gasteiger partial charge in [-0.3, -0.25) is 4.79 Å². The first-order valence-corrected chi connectivity index (χ1v) is 10.4. The number of carbonyl (C=O) groups is 1. The Kier molecular flexibility index (Phi) is 20.0. The molecule has 0 aromatic carbocycles. The van der Waals surface area contributed by atoms with E-state index in [1.807, 2.05) is 0 Å². The highest BCUT2D eigenvalue weighted by atomic mass is 16.5. The maximum absolute atomic E-state index is 10.9. The molecule has 0 aromatic rings. The van der Waals surface area contributed by atoms with Crippen LogP contribution >= 0.6 is 0 Å². The molecule has 3 nitrogen and oxygen atoms in total. The van der Waals surface area contributed by atoms with Crippen molar-refractivity contribution in [2.24, 2.45) is 0 Å². The van der Waals surface area contributed by atoms with E-state index in [2.05, 4.69) is 31.0 Å². The fourth-order valence-corrected chi connectivity index (χ4v) is 2.72. The lowest BCUT2D eigenvalue weighted by atomic mass is 10.1. The number of allylic oxidation sites excluding steroid dienone is 2. The quantitative estimate of drug-likeness (QED) is 0.128. The molecule has 3 heteroatoms. The van der Waals surface area contributed by atoms with E-state index in [4.69, 9.17) is 4.74 Å². The molecule has 0 saturated heterocycles. The van der Waals surface area contributed by atoms with Crippen LogP contribution in [0.4, 0.5) is 0 Å². The second kappa shape index (κ2) is 21.0. The second-order valence-corrected chi connectivity index (χ2v) is 6.74. The van der Waals surface area contributed by atoms with Gasteiger partial charge in [0.1, 0.15) is 6.73 Å². The Hall–Kier alpha value is -1.09. The molecule has 0 heterocycles. The van der Waals surface area contributed by atoms with Crippen LogP contribution in [0.3, 0.4) is 0 Å². The molecular weight excluding hydrogens is 310 g/mol. The molecule has 1 N–H and O–H groups in total. The number of hydrogen-bond acceptors (Lipinski definition) is 2. The largest absolute Gasteiger partial charge is 0.361 e. The standard InChI is InChI=1S/C22H41NO2/c1-3-5-6-7-8-9-10-11-12-13-14-15-16-17-18-19-20-25-21-23-22(24)4-2/h4,11-12H,2-3,5-10,13-21H2,1H3,(H,23,24). The summed E-state index contributed by atoms with van der Waals surface area (Å²) in [6.07, 6.45) is 24.4. The van der Waals surface area contributed by atoms with Crippen LogP contribution in [0, 0.1) is 0 Å². The Morgan fingerprint density at radius 1 is 0.840 bits per heavy atom. The lowest BCUT2D eigenvalue weighted by Gasteiger charge is -2.04. The van der Waals surface area contributed by atoms with Crippen molar-refractivity contribution in [2.75, 3.05) is 13.3 Å². The summed E-state index contributed by atoms with van der Waals surface area (Å²) in [6, 6.07) is 0. The van der Waals surface area contributed by atoms with Crippen LogP contribution in [0.15, 0.2) is 24.8 Å². The lowest BCUT2D eigenvalue weighted by Crippen LogP contribution is -2.24. The van der Waals surface area contributed by atoms with E-state index in [9.17, 15) is 4.79 Å². The zero-order chi connectivity index (χ0) is 18.4. The van der Waals surface area contributed by atoms with Crippen molar-refractivity contribution in [3.8, 4) is 0 Å². The molecule has 0 rings (SSSR count). The molecule has 0 radical (unpaired) electrons. The summed E-state index contributed by atoms with van der Waals surface area (Å²) in [5, 5.41) is 2.60. The third-order valence-electron chi connectivity index (χ3n) is 4.33. The molecule has 25 heavy (non-hydrogen) atoms. The van der Waals surface area contributed by atoms with Crippen LogP contribution in [-0.2, 0) is 9.53 Å². The molecule has 0 fully saturated rings. The Labute approximate surface area is 156 Å². The van der Waals surface area contributed by atoms with Crippen LogP contribution in [-0.4, -0.2) is 19.2 Å². The number of nitrogens with one attached hydrogen (secondary N) is 1. The van der Waals surface area contributed by atoms with E-state index < -0.39 is 0 Å². The minimum atomic E-state index is -0.180. The zero-order valence-corrected chi connectivity index (χ0v) is 16.6. The van der Waals surface area contributed by atoms with Crippen molar-refractivity contribution in [2.45, 2.75) is 96.8 Å². The number of unbranched alkanes of at least 4 members (excludes halogenated alkanes) is 12. The fourth-order valence-electron chi connectivity index (χ4n) is 2.72. The molecule has 1 amide bonds. The van der Waals surface area contributed by atoms with E-state index in [-0.39, 0.29) is 12.6 Å². The minimum Gasteiger partial charge on any atom is -0.361 e.